The predicted molar refractivity (Wildman–Crippen MR) is 128 cm³/mol. The van der Waals surface area contributed by atoms with Crippen molar-refractivity contribution < 1.29 is 31.1 Å². The number of ether oxygens (including phenoxy) is 1. The second kappa shape index (κ2) is 10.6. The van der Waals surface area contributed by atoms with E-state index in [1.54, 1.807) is 49.4 Å². The highest BCUT2D eigenvalue weighted by Gasteiger charge is 2.33. The first-order valence-corrected chi connectivity index (χ1v) is 11.8. The van der Waals surface area contributed by atoms with E-state index < -0.39 is 34.2 Å². The van der Waals surface area contributed by atoms with Crippen LogP contribution in [0.2, 0.25) is 0 Å². The SMILES string of the molecule is C=CCOc1ccc(NC(=O)CN(c2cccc(C(F)(F)F)c2)S(=O)(=O)c2ccc(C)cc2)cc1. The van der Waals surface area contributed by atoms with Gasteiger partial charge in [0.15, 0.2) is 0 Å². The minimum absolute atomic E-state index is 0.156. The molecule has 35 heavy (non-hydrogen) atoms. The molecule has 0 saturated carbocycles. The first-order chi connectivity index (χ1) is 16.5. The zero-order valence-corrected chi connectivity index (χ0v) is 19.6. The number of benzene rings is 3. The summed E-state index contributed by atoms with van der Waals surface area (Å²) < 4.78 is 72.7. The lowest BCUT2D eigenvalue weighted by Gasteiger charge is -2.25. The molecule has 0 aliphatic heterocycles. The predicted octanol–water partition coefficient (Wildman–Crippen LogP) is 5.41. The van der Waals surface area contributed by atoms with Gasteiger partial charge < -0.3 is 10.1 Å². The summed E-state index contributed by atoms with van der Waals surface area (Å²) in [4.78, 5) is 12.6. The maximum Gasteiger partial charge on any atom is 0.416 e. The molecule has 0 unspecified atom stereocenters. The van der Waals surface area contributed by atoms with Crippen molar-refractivity contribution in [2.75, 3.05) is 22.8 Å². The van der Waals surface area contributed by atoms with E-state index in [-0.39, 0.29) is 10.6 Å². The summed E-state index contributed by atoms with van der Waals surface area (Å²) in [5.41, 5.74) is -0.163. The summed E-state index contributed by atoms with van der Waals surface area (Å²) in [7, 11) is -4.36. The van der Waals surface area contributed by atoms with E-state index in [1.807, 2.05) is 0 Å². The highest BCUT2D eigenvalue weighted by atomic mass is 32.2. The van der Waals surface area contributed by atoms with Crippen LogP contribution in [0.4, 0.5) is 24.5 Å². The van der Waals surface area contributed by atoms with Gasteiger partial charge >= 0.3 is 6.18 Å². The van der Waals surface area contributed by atoms with Crippen molar-refractivity contribution in [3.63, 3.8) is 0 Å². The van der Waals surface area contributed by atoms with Crippen LogP contribution < -0.4 is 14.4 Å². The molecule has 0 aliphatic carbocycles. The van der Waals surface area contributed by atoms with Crippen molar-refractivity contribution in [3.8, 4) is 5.75 Å². The molecular formula is C25H23F3N2O4S. The molecular weight excluding hydrogens is 481 g/mol. The number of halogens is 3. The van der Waals surface area contributed by atoms with Crippen LogP contribution in [0.3, 0.4) is 0 Å². The number of hydrogen-bond acceptors (Lipinski definition) is 4. The molecule has 3 aromatic carbocycles. The Balaban J connectivity index is 1.92. The number of carbonyl (C=O) groups is 1. The van der Waals surface area contributed by atoms with Crippen LogP contribution in [0.15, 0.2) is 90.3 Å². The molecule has 184 valence electrons. The van der Waals surface area contributed by atoms with Crippen LogP contribution in [-0.4, -0.2) is 27.5 Å². The van der Waals surface area contributed by atoms with E-state index in [2.05, 4.69) is 11.9 Å². The third-order valence-electron chi connectivity index (χ3n) is 4.86. The Morgan fingerprint density at radius 2 is 1.71 bits per heavy atom. The minimum Gasteiger partial charge on any atom is -0.490 e. The number of nitrogens with zero attached hydrogens (tertiary/aromatic N) is 1. The van der Waals surface area contributed by atoms with Crippen LogP contribution in [0, 0.1) is 6.92 Å². The molecule has 0 aliphatic rings. The second-order valence-electron chi connectivity index (χ2n) is 7.55. The fourth-order valence-corrected chi connectivity index (χ4v) is 4.52. The second-order valence-corrected chi connectivity index (χ2v) is 9.41. The zero-order chi connectivity index (χ0) is 25.6. The molecule has 3 rings (SSSR count). The number of rotatable bonds is 9. The summed E-state index contributed by atoms with van der Waals surface area (Å²) in [6, 6.07) is 16.0. The third kappa shape index (κ3) is 6.63. The van der Waals surface area contributed by atoms with E-state index in [4.69, 9.17) is 4.74 Å². The average molecular weight is 505 g/mol. The zero-order valence-electron chi connectivity index (χ0n) is 18.7. The molecule has 0 radical (unpaired) electrons. The van der Waals surface area contributed by atoms with Crippen LogP contribution in [0.5, 0.6) is 5.75 Å². The van der Waals surface area contributed by atoms with Gasteiger partial charge in [0.05, 0.1) is 16.1 Å². The lowest BCUT2D eigenvalue weighted by molar-refractivity contribution is -0.137. The van der Waals surface area contributed by atoms with Gasteiger partial charge in [-0.3, -0.25) is 9.10 Å². The summed E-state index contributed by atoms with van der Waals surface area (Å²) >= 11 is 0. The number of alkyl halides is 3. The van der Waals surface area contributed by atoms with E-state index in [0.717, 1.165) is 17.7 Å². The van der Waals surface area contributed by atoms with Crippen molar-refractivity contribution in [1.82, 2.24) is 0 Å². The van der Waals surface area contributed by atoms with E-state index in [9.17, 15) is 26.4 Å². The number of anilines is 2. The fraction of sp³-hybridized carbons (Fsp3) is 0.160. The molecule has 1 N–H and O–H groups in total. The van der Waals surface area contributed by atoms with Crippen molar-refractivity contribution in [1.29, 1.82) is 0 Å². The maximum atomic E-state index is 13.4. The normalized spacial score (nSPS) is 11.5. The largest absolute Gasteiger partial charge is 0.490 e. The third-order valence-corrected chi connectivity index (χ3v) is 6.65. The molecule has 0 atom stereocenters. The van der Waals surface area contributed by atoms with Crippen LogP contribution in [-0.2, 0) is 21.0 Å². The number of amides is 1. The van der Waals surface area contributed by atoms with Gasteiger partial charge in [0, 0.05) is 5.69 Å². The highest BCUT2D eigenvalue weighted by Crippen LogP contribution is 2.33. The Kier molecular flexibility index (Phi) is 7.85. The Labute approximate surface area is 201 Å². The average Bonchev–Trinajstić information content (AvgIpc) is 2.82. The van der Waals surface area contributed by atoms with Crippen LogP contribution in [0.1, 0.15) is 11.1 Å². The first-order valence-electron chi connectivity index (χ1n) is 10.4. The quantitative estimate of drug-likeness (QED) is 0.395. The Bertz CT molecular complexity index is 1290. The molecule has 0 aromatic heterocycles. The van der Waals surface area contributed by atoms with E-state index >= 15 is 0 Å². The smallest absolute Gasteiger partial charge is 0.416 e. The molecule has 0 spiro atoms. The molecule has 0 fully saturated rings. The van der Waals surface area contributed by atoms with E-state index in [1.165, 1.54) is 18.2 Å². The van der Waals surface area contributed by atoms with Crippen LogP contribution in [0.25, 0.3) is 0 Å². The fourth-order valence-electron chi connectivity index (χ4n) is 3.11. The molecule has 6 nitrogen and oxygen atoms in total. The summed E-state index contributed by atoms with van der Waals surface area (Å²) in [5, 5.41) is 2.56. The van der Waals surface area contributed by atoms with Crippen molar-refractivity contribution in [2.45, 2.75) is 18.0 Å². The first kappa shape index (κ1) is 25.8. The number of nitrogens with one attached hydrogen (secondary N) is 1. The molecule has 10 heteroatoms. The van der Waals surface area contributed by atoms with Gasteiger partial charge in [-0.1, -0.05) is 36.4 Å². The Morgan fingerprint density at radius 3 is 2.31 bits per heavy atom. The number of hydrogen-bond donors (Lipinski definition) is 1. The van der Waals surface area contributed by atoms with Crippen LogP contribution >= 0.6 is 0 Å². The van der Waals surface area contributed by atoms with E-state index in [0.29, 0.717) is 28.4 Å². The van der Waals surface area contributed by atoms with Gasteiger partial charge in [-0.2, -0.15) is 13.2 Å². The Hall–Kier alpha value is -3.79. The minimum atomic E-state index is -4.69. The van der Waals surface area contributed by atoms with Gasteiger partial charge in [0.1, 0.15) is 18.9 Å². The van der Waals surface area contributed by atoms with Gasteiger partial charge in [-0.15, -0.1) is 0 Å². The van der Waals surface area contributed by atoms with Crippen molar-refractivity contribution in [3.05, 3.63) is 96.6 Å². The Morgan fingerprint density at radius 1 is 1.06 bits per heavy atom. The van der Waals surface area contributed by atoms with Gasteiger partial charge in [0.2, 0.25) is 5.91 Å². The molecule has 0 heterocycles. The molecule has 3 aromatic rings. The number of carbonyl (C=O) groups excluding carboxylic acids is 1. The molecule has 1 amide bonds. The summed E-state index contributed by atoms with van der Waals surface area (Å²) in [6.07, 6.45) is -3.11. The lowest BCUT2D eigenvalue weighted by atomic mass is 10.2. The monoisotopic (exact) mass is 504 g/mol. The van der Waals surface area contributed by atoms with Crippen molar-refractivity contribution in [2.24, 2.45) is 0 Å². The van der Waals surface area contributed by atoms with Crippen molar-refractivity contribution >= 4 is 27.3 Å². The topological polar surface area (TPSA) is 75.7 Å². The maximum absolute atomic E-state index is 13.4. The lowest BCUT2D eigenvalue weighted by Crippen LogP contribution is -2.38. The van der Waals surface area contributed by atoms with Gasteiger partial charge in [0.25, 0.3) is 10.0 Å². The molecule has 0 bridgehead atoms. The standard InChI is InChI=1S/C25H23F3N2O4S/c1-3-15-34-22-11-9-20(10-12-22)29-24(31)17-30(21-6-4-5-19(16-21)25(26,27)28)35(32,33)23-13-7-18(2)8-14-23/h3-14,16H,1,15,17H2,2H3,(H,29,31). The molecule has 0 saturated heterocycles. The number of aryl methyl sites for hydroxylation is 1. The summed E-state index contributed by atoms with van der Waals surface area (Å²) in [6.45, 7) is 4.87. The summed E-state index contributed by atoms with van der Waals surface area (Å²) in [5.74, 6) is -0.201. The number of sulfonamides is 1. The highest BCUT2D eigenvalue weighted by molar-refractivity contribution is 7.92. The van der Waals surface area contributed by atoms with Gasteiger partial charge in [-0.05, 0) is 61.5 Å². The van der Waals surface area contributed by atoms with Gasteiger partial charge in [-0.25, -0.2) is 8.42 Å².